The Morgan fingerprint density at radius 3 is 2.62 bits per heavy atom. The van der Waals surface area contributed by atoms with Crippen LogP contribution in [0.3, 0.4) is 0 Å². The maximum absolute atomic E-state index is 11.0. The van der Waals surface area contributed by atoms with E-state index < -0.39 is 5.97 Å². The highest BCUT2D eigenvalue weighted by Crippen LogP contribution is 2.20. The molecule has 3 rings (SSSR count). The fourth-order valence-electron chi connectivity index (χ4n) is 2.02. The van der Waals surface area contributed by atoms with Crippen LogP contribution in [0, 0.1) is 0 Å². The molecule has 0 spiro atoms. The molecule has 2 aromatic heterocycles. The number of para-hydroxylation sites is 1. The average molecular weight is 211 g/mol. The molecule has 1 aromatic carbocycles. The van der Waals surface area contributed by atoms with Crippen LogP contribution < -0.4 is 0 Å². The van der Waals surface area contributed by atoms with Crippen molar-refractivity contribution in [1.82, 2.24) is 4.40 Å². The predicted molar refractivity (Wildman–Crippen MR) is 61.9 cm³/mol. The molecule has 0 aliphatic carbocycles. The molecule has 0 atom stereocenters. The minimum Gasteiger partial charge on any atom is -0.478 e. The summed E-state index contributed by atoms with van der Waals surface area (Å²) >= 11 is 0. The third-order valence-electron chi connectivity index (χ3n) is 2.77. The third-order valence-corrected chi connectivity index (χ3v) is 2.77. The lowest BCUT2D eigenvalue weighted by atomic mass is 10.2. The first-order chi connectivity index (χ1) is 7.77. The summed E-state index contributed by atoms with van der Waals surface area (Å²) in [5.74, 6) is -0.891. The van der Waals surface area contributed by atoms with Crippen LogP contribution in [0.5, 0.6) is 0 Å². The van der Waals surface area contributed by atoms with E-state index in [1.165, 1.54) is 0 Å². The number of benzene rings is 1. The second kappa shape index (κ2) is 3.10. The average Bonchev–Trinajstić information content (AvgIpc) is 2.73. The molecule has 0 unspecified atom stereocenters. The standard InChI is InChI=1S/C13H9NO2/c15-13(16)10-7-8-14-11-4-2-1-3-9(11)5-6-12(10)14/h1-8H,(H,15,16). The van der Waals surface area contributed by atoms with Crippen LogP contribution in [0.1, 0.15) is 10.4 Å². The number of carboxylic acid groups (broad SMARTS) is 1. The minimum atomic E-state index is -0.891. The number of fused-ring (bicyclic) bond motifs is 3. The van der Waals surface area contributed by atoms with Crippen molar-refractivity contribution < 1.29 is 9.90 Å². The van der Waals surface area contributed by atoms with E-state index in [4.69, 9.17) is 5.11 Å². The van der Waals surface area contributed by atoms with Crippen molar-refractivity contribution in [2.75, 3.05) is 0 Å². The second-order valence-electron chi connectivity index (χ2n) is 3.68. The van der Waals surface area contributed by atoms with E-state index in [-0.39, 0.29) is 0 Å². The summed E-state index contributed by atoms with van der Waals surface area (Å²) < 4.78 is 1.90. The molecular formula is C13H9NO2. The fourth-order valence-corrected chi connectivity index (χ4v) is 2.02. The lowest BCUT2D eigenvalue weighted by Crippen LogP contribution is -1.95. The van der Waals surface area contributed by atoms with Crippen molar-refractivity contribution >= 4 is 22.4 Å². The van der Waals surface area contributed by atoms with Crippen molar-refractivity contribution in [1.29, 1.82) is 0 Å². The largest absolute Gasteiger partial charge is 0.478 e. The molecule has 0 fully saturated rings. The van der Waals surface area contributed by atoms with Gasteiger partial charge >= 0.3 is 5.97 Å². The van der Waals surface area contributed by atoms with Crippen LogP contribution in [0.2, 0.25) is 0 Å². The first-order valence-corrected chi connectivity index (χ1v) is 4.99. The van der Waals surface area contributed by atoms with Gasteiger partial charge in [-0.05, 0) is 23.6 Å². The van der Waals surface area contributed by atoms with Gasteiger partial charge in [-0.25, -0.2) is 4.79 Å². The zero-order valence-electron chi connectivity index (χ0n) is 8.42. The molecule has 0 radical (unpaired) electrons. The number of hydrogen-bond acceptors (Lipinski definition) is 1. The van der Waals surface area contributed by atoms with E-state index in [9.17, 15) is 4.79 Å². The van der Waals surface area contributed by atoms with Gasteiger partial charge in [-0.15, -0.1) is 0 Å². The zero-order valence-corrected chi connectivity index (χ0v) is 8.42. The third kappa shape index (κ3) is 1.11. The molecule has 0 saturated carbocycles. The maximum Gasteiger partial charge on any atom is 0.337 e. The van der Waals surface area contributed by atoms with Gasteiger partial charge in [0.2, 0.25) is 0 Å². The van der Waals surface area contributed by atoms with Gasteiger partial charge in [0.25, 0.3) is 0 Å². The van der Waals surface area contributed by atoms with E-state index >= 15 is 0 Å². The summed E-state index contributed by atoms with van der Waals surface area (Å²) in [6.07, 6.45) is 1.79. The first-order valence-electron chi connectivity index (χ1n) is 4.99. The van der Waals surface area contributed by atoms with Gasteiger partial charge in [0, 0.05) is 6.20 Å². The number of hydrogen-bond donors (Lipinski definition) is 1. The number of carboxylic acids is 1. The zero-order chi connectivity index (χ0) is 11.1. The van der Waals surface area contributed by atoms with E-state index in [0.717, 1.165) is 16.4 Å². The fraction of sp³-hybridized carbons (Fsp3) is 0. The highest BCUT2D eigenvalue weighted by molar-refractivity contribution is 5.98. The van der Waals surface area contributed by atoms with Crippen molar-refractivity contribution in [3.63, 3.8) is 0 Å². The van der Waals surface area contributed by atoms with E-state index in [1.54, 1.807) is 12.3 Å². The quantitative estimate of drug-likeness (QED) is 0.672. The van der Waals surface area contributed by atoms with Crippen LogP contribution >= 0.6 is 0 Å². The van der Waals surface area contributed by atoms with Crippen molar-refractivity contribution in [2.24, 2.45) is 0 Å². The van der Waals surface area contributed by atoms with E-state index in [0.29, 0.717) is 5.56 Å². The maximum atomic E-state index is 11.0. The molecule has 0 saturated heterocycles. The van der Waals surface area contributed by atoms with Gasteiger partial charge in [0.15, 0.2) is 0 Å². The molecule has 0 aliphatic rings. The number of nitrogens with zero attached hydrogens (tertiary/aromatic N) is 1. The minimum absolute atomic E-state index is 0.339. The summed E-state index contributed by atoms with van der Waals surface area (Å²) in [5.41, 5.74) is 2.09. The Balaban J connectivity index is 2.49. The molecule has 1 N–H and O–H groups in total. The van der Waals surface area contributed by atoms with E-state index in [2.05, 4.69) is 0 Å². The van der Waals surface area contributed by atoms with Gasteiger partial charge < -0.3 is 9.51 Å². The monoisotopic (exact) mass is 211 g/mol. The summed E-state index contributed by atoms with van der Waals surface area (Å²) in [6.45, 7) is 0. The normalized spacial score (nSPS) is 11.0. The number of carbonyl (C=O) groups is 1. The molecule has 16 heavy (non-hydrogen) atoms. The topological polar surface area (TPSA) is 41.7 Å². The van der Waals surface area contributed by atoms with Crippen LogP contribution in [-0.2, 0) is 0 Å². The number of pyridine rings is 1. The van der Waals surface area contributed by atoms with Crippen LogP contribution in [0.4, 0.5) is 0 Å². The highest BCUT2D eigenvalue weighted by Gasteiger charge is 2.10. The second-order valence-corrected chi connectivity index (χ2v) is 3.68. The Hall–Kier alpha value is -2.29. The van der Waals surface area contributed by atoms with Crippen molar-refractivity contribution in [3.8, 4) is 0 Å². The Labute approximate surface area is 91.6 Å². The lowest BCUT2D eigenvalue weighted by Gasteiger charge is -2.02. The number of aromatic carboxylic acids is 1. The van der Waals surface area contributed by atoms with Crippen LogP contribution in [-0.4, -0.2) is 15.5 Å². The SMILES string of the molecule is O=C(O)c1ccn2c1ccc1ccccc12. The van der Waals surface area contributed by atoms with Gasteiger partial charge in [-0.1, -0.05) is 24.3 Å². The predicted octanol–water partition coefficient (Wildman–Crippen LogP) is 2.79. The number of aromatic nitrogens is 1. The molecule has 3 heteroatoms. The van der Waals surface area contributed by atoms with E-state index in [1.807, 2.05) is 40.8 Å². The summed E-state index contributed by atoms with van der Waals surface area (Å²) in [5, 5.41) is 10.1. The van der Waals surface area contributed by atoms with Crippen LogP contribution in [0.15, 0.2) is 48.7 Å². The first kappa shape index (κ1) is 8.97. The van der Waals surface area contributed by atoms with Crippen molar-refractivity contribution in [3.05, 3.63) is 54.2 Å². The van der Waals surface area contributed by atoms with Gasteiger partial charge in [0.1, 0.15) is 0 Å². The molecule has 3 aromatic rings. The molecule has 3 nitrogen and oxygen atoms in total. The van der Waals surface area contributed by atoms with Gasteiger partial charge in [0.05, 0.1) is 16.6 Å². The molecule has 0 aliphatic heterocycles. The Morgan fingerprint density at radius 1 is 1.00 bits per heavy atom. The van der Waals surface area contributed by atoms with Gasteiger partial charge in [-0.2, -0.15) is 0 Å². The lowest BCUT2D eigenvalue weighted by molar-refractivity contribution is 0.0699. The summed E-state index contributed by atoms with van der Waals surface area (Å²) in [4.78, 5) is 11.0. The number of rotatable bonds is 1. The molecule has 0 amide bonds. The molecule has 2 heterocycles. The summed E-state index contributed by atoms with van der Waals surface area (Å²) in [7, 11) is 0. The van der Waals surface area contributed by atoms with Crippen molar-refractivity contribution in [2.45, 2.75) is 0 Å². The Kier molecular flexibility index (Phi) is 1.74. The Morgan fingerprint density at radius 2 is 1.81 bits per heavy atom. The highest BCUT2D eigenvalue weighted by atomic mass is 16.4. The smallest absolute Gasteiger partial charge is 0.337 e. The van der Waals surface area contributed by atoms with Crippen LogP contribution in [0.25, 0.3) is 16.4 Å². The summed E-state index contributed by atoms with van der Waals surface area (Å²) in [6, 6.07) is 13.3. The Bertz CT molecular complexity index is 697. The molecule has 0 bridgehead atoms. The van der Waals surface area contributed by atoms with Gasteiger partial charge in [-0.3, -0.25) is 0 Å². The molecule has 78 valence electrons. The molecular weight excluding hydrogens is 202 g/mol.